The fraction of sp³-hybridized carbons (Fsp3) is 0.565. The molecule has 186 valence electrons. The molecule has 3 heterocycles. The Bertz CT molecular complexity index is 1040. The van der Waals surface area contributed by atoms with Crippen molar-refractivity contribution in [3.63, 3.8) is 0 Å². The zero-order valence-electron chi connectivity index (χ0n) is 18.8. The number of likely N-dealkylation sites (N-methyl/N-ethyl adjacent to an activating group) is 1. The summed E-state index contributed by atoms with van der Waals surface area (Å²) in [4.78, 5) is 28.9. The summed E-state index contributed by atoms with van der Waals surface area (Å²) in [7, 11) is 2.16. The predicted molar refractivity (Wildman–Crippen MR) is 128 cm³/mol. The minimum Gasteiger partial charge on any atom is -0.482 e. The van der Waals surface area contributed by atoms with E-state index in [0.29, 0.717) is 36.9 Å². The van der Waals surface area contributed by atoms with Crippen LogP contribution < -0.4 is 20.7 Å². The number of halogens is 2. The van der Waals surface area contributed by atoms with Crippen molar-refractivity contribution >= 4 is 36.8 Å². The lowest BCUT2D eigenvalue weighted by molar-refractivity contribution is -0.125. The van der Waals surface area contributed by atoms with E-state index in [9.17, 15) is 14.7 Å². The van der Waals surface area contributed by atoms with Gasteiger partial charge in [0.05, 0.1) is 0 Å². The number of hydrazine groups is 1. The lowest BCUT2D eigenvalue weighted by atomic mass is 9.53. The van der Waals surface area contributed by atoms with E-state index in [-0.39, 0.29) is 36.1 Å². The van der Waals surface area contributed by atoms with E-state index >= 15 is 0 Å². The third-order valence-corrected chi connectivity index (χ3v) is 8.26. The van der Waals surface area contributed by atoms with Crippen molar-refractivity contribution in [1.29, 1.82) is 0 Å². The molecule has 0 aromatic heterocycles. The number of carbonyl (C=O) groups excluding carboxylic acids is 2. The topological polar surface area (TPSA) is 117 Å². The van der Waals surface area contributed by atoms with Crippen LogP contribution in [0, 0.1) is 5.92 Å². The van der Waals surface area contributed by atoms with Gasteiger partial charge < -0.3 is 19.5 Å². The van der Waals surface area contributed by atoms with Crippen molar-refractivity contribution in [3.8, 4) is 11.5 Å². The fourth-order valence-corrected chi connectivity index (χ4v) is 6.82. The van der Waals surface area contributed by atoms with Gasteiger partial charge in [0.25, 0.3) is 5.91 Å². The third-order valence-electron chi connectivity index (χ3n) is 8.26. The second-order valence-corrected chi connectivity index (χ2v) is 9.64. The van der Waals surface area contributed by atoms with Crippen molar-refractivity contribution in [2.24, 2.45) is 11.8 Å². The van der Waals surface area contributed by atoms with E-state index in [2.05, 4.69) is 23.4 Å². The third kappa shape index (κ3) is 3.25. The van der Waals surface area contributed by atoms with Gasteiger partial charge in [-0.3, -0.25) is 15.1 Å². The van der Waals surface area contributed by atoms with E-state index < -0.39 is 30.3 Å². The van der Waals surface area contributed by atoms with Gasteiger partial charge in [-0.1, -0.05) is 18.2 Å². The second kappa shape index (κ2) is 8.87. The van der Waals surface area contributed by atoms with E-state index in [4.69, 9.17) is 15.3 Å². The molecule has 2 aliphatic carbocycles. The van der Waals surface area contributed by atoms with Crippen LogP contribution in [0.4, 0.5) is 4.79 Å². The largest absolute Gasteiger partial charge is 0.482 e. The molecule has 3 aliphatic heterocycles. The molecular weight excluding hydrogens is 483 g/mol. The molecule has 9 nitrogen and oxygen atoms in total. The number of nitrogens with one attached hydrogen (secondary N) is 1. The number of aliphatic hydroxyl groups is 1. The number of piperidine rings is 1. The molecule has 2 fully saturated rings. The molecule has 1 aromatic rings. The van der Waals surface area contributed by atoms with Gasteiger partial charge in [0.2, 0.25) is 0 Å². The van der Waals surface area contributed by atoms with Crippen LogP contribution in [0.2, 0.25) is 0 Å². The first-order chi connectivity index (χ1) is 15.5. The summed E-state index contributed by atoms with van der Waals surface area (Å²) in [5, 5.41) is 10.8. The Morgan fingerprint density at radius 2 is 2.06 bits per heavy atom. The molecule has 1 aromatic carbocycles. The number of hydrogen-bond acceptors (Lipinski definition) is 7. The standard InChI is InChI=1S/C23H28N4O5.2ClH/c1-26-10-8-23-13-5-6-16(28)20(23)32-19-17(7-4-12(18(19)23)11-15(13)26)31-22(30)27-9-2-3-14(27)21(29)25-24;;/h4-7,13-16,20,28H,2-3,8-11,24H2,1H3,(H,25,29);2*1H/t13?,14?,15?,16-,20-,23-;;/m0../s1. The molecule has 6 rings (SSSR count). The van der Waals surface area contributed by atoms with Gasteiger partial charge in [-0.05, 0) is 50.9 Å². The highest BCUT2D eigenvalue weighted by atomic mass is 35.5. The second-order valence-electron chi connectivity index (χ2n) is 9.64. The summed E-state index contributed by atoms with van der Waals surface area (Å²) >= 11 is 0. The highest BCUT2D eigenvalue weighted by Crippen LogP contribution is 2.62. The first-order valence-electron chi connectivity index (χ1n) is 11.3. The van der Waals surface area contributed by atoms with Crippen LogP contribution in [0.3, 0.4) is 0 Å². The Morgan fingerprint density at radius 1 is 1.26 bits per heavy atom. The number of amides is 2. The highest BCUT2D eigenvalue weighted by Gasteiger charge is 2.64. The average molecular weight is 513 g/mol. The van der Waals surface area contributed by atoms with Crippen LogP contribution in [0.15, 0.2) is 24.3 Å². The summed E-state index contributed by atoms with van der Waals surface area (Å²) in [5.74, 6) is 6.04. The Morgan fingerprint density at radius 3 is 2.82 bits per heavy atom. The molecule has 2 bridgehead atoms. The molecule has 1 spiro atoms. The smallest absolute Gasteiger partial charge is 0.416 e. The normalized spacial score (nSPS) is 34.3. The highest BCUT2D eigenvalue weighted by molar-refractivity contribution is 5.86. The molecule has 34 heavy (non-hydrogen) atoms. The van der Waals surface area contributed by atoms with Gasteiger partial charge in [-0.15, -0.1) is 24.8 Å². The van der Waals surface area contributed by atoms with Gasteiger partial charge in [-0.25, -0.2) is 10.6 Å². The molecule has 4 N–H and O–H groups in total. The van der Waals surface area contributed by atoms with E-state index in [1.807, 2.05) is 12.1 Å². The number of hydrogen-bond donors (Lipinski definition) is 3. The number of ether oxygens (including phenoxy) is 2. The Balaban J connectivity index is 0.00000137. The van der Waals surface area contributed by atoms with Crippen molar-refractivity contribution in [2.45, 2.75) is 55.4 Å². The molecule has 2 amide bonds. The van der Waals surface area contributed by atoms with Crippen molar-refractivity contribution < 1.29 is 24.2 Å². The summed E-state index contributed by atoms with van der Waals surface area (Å²) in [6, 6.07) is 3.52. The summed E-state index contributed by atoms with van der Waals surface area (Å²) in [5.41, 5.74) is 4.10. The van der Waals surface area contributed by atoms with Crippen LogP contribution in [-0.4, -0.2) is 71.3 Å². The molecular formula is C23H30Cl2N4O5. The number of aliphatic hydroxyl groups excluding tert-OH is 1. The first-order valence-corrected chi connectivity index (χ1v) is 11.3. The van der Waals surface area contributed by atoms with Gasteiger partial charge in [0.15, 0.2) is 11.5 Å². The van der Waals surface area contributed by atoms with Crippen LogP contribution in [0.1, 0.15) is 30.4 Å². The molecule has 3 unspecified atom stereocenters. The first kappa shape index (κ1) is 25.1. The van der Waals surface area contributed by atoms with E-state index in [1.165, 1.54) is 10.5 Å². The van der Waals surface area contributed by atoms with Gasteiger partial charge >= 0.3 is 6.09 Å². The summed E-state index contributed by atoms with van der Waals surface area (Å²) in [6.07, 6.45) is 5.32. The van der Waals surface area contributed by atoms with E-state index in [1.54, 1.807) is 6.07 Å². The van der Waals surface area contributed by atoms with Crippen LogP contribution in [0.5, 0.6) is 11.5 Å². The zero-order chi connectivity index (χ0) is 22.2. The lowest BCUT2D eigenvalue weighted by Crippen LogP contribution is -2.64. The summed E-state index contributed by atoms with van der Waals surface area (Å²) in [6.45, 7) is 1.36. The number of rotatable bonds is 2. The zero-order valence-corrected chi connectivity index (χ0v) is 20.4. The Hall–Kier alpha value is -2.04. The Labute approximate surface area is 210 Å². The average Bonchev–Trinajstić information content (AvgIpc) is 3.41. The Kier molecular flexibility index (Phi) is 6.54. The summed E-state index contributed by atoms with van der Waals surface area (Å²) < 4.78 is 12.2. The molecule has 11 heteroatoms. The van der Waals surface area contributed by atoms with Gasteiger partial charge in [0.1, 0.15) is 18.2 Å². The minimum atomic E-state index is -0.714. The molecule has 0 saturated carbocycles. The number of carbonyl (C=O) groups is 2. The number of nitrogens with two attached hydrogens (primary N) is 1. The van der Waals surface area contributed by atoms with Crippen LogP contribution >= 0.6 is 24.8 Å². The van der Waals surface area contributed by atoms with Crippen molar-refractivity contribution in [2.75, 3.05) is 20.1 Å². The SMILES string of the molecule is CN1CC[C@]23c4c5ccc(OC(=O)N6CCCC6C(=O)NN)c4O[C@H]2[C@@H](O)C=CC3C1C5.Cl.Cl. The monoisotopic (exact) mass is 512 g/mol. The predicted octanol–water partition coefficient (Wildman–Crippen LogP) is 1.29. The molecule has 6 atom stereocenters. The molecule has 0 radical (unpaired) electrons. The van der Waals surface area contributed by atoms with Crippen LogP contribution in [-0.2, 0) is 16.6 Å². The number of likely N-dealkylation sites (tertiary alicyclic amines) is 2. The molecule has 5 aliphatic rings. The van der Waals surface area contributed by atoms with E-state index in [0.717, 1.165) is 24.9 Å². The quantitative estimate of drug-likeness (QED) is 0.236. The minimum absolute atomic E-state index is 0. The number of nitrogens with zero attached hydrogens (tertiary/aromatic N) is 2. The fourth-order valence-electron chi connectivity index (χ4n) is 6.82. The maximum absolute atomic E-state index is 13.0. The molecule has 2 saturated heterocycles. The maximum atomic E-state index is 13.0. The van der Waals surface area contributed by atoms with Crippen LogP contribution in [0.25, 0.3) is 0 Å². The number of benzene rings is 1. The maximum Gasteiger partial charge on any atom is 0.416 e. The van der Waals surface area contributed by atoms with Gasteiger partial charge in [-0.2, -0.15) is 0 Å². The lowest BCUT2D eigenvalue weighted by Gasteiger charge is -2.56. The van der Waals surface area contributed by atoms with Gasteiger partial charge in [0, 0.05) is 29.5 Å². The van der Waals surface area contributed by atoms with Crippen molar-refractivity contribution in [1.82, 2.24) is 15.2 Å². The van der Waals surface area contributed by atoms with Crippen molar-refractivity contribution in [3.05, 3.63) is 35.4 Å².